The molecule has 0 radical (unpaired) electrons. The van der Waals surface area contributed by atoms with Crippen LogP contribution in [-0.4, -0.2) is 14.8 Å². The molecule has 0 saturated carbocycles. The summed E-state index contributed by atoms with van der Waals surface area (Å²) in [6, 6.07) is 0. The van der Waals surface area contributed by atoms with Gasteiger partial charge in [0.2, 0.25) is 5.89 Å². The highest BCUT2D eigenvalue weighted by Crippen LogP contribution is 2.10. The Hall–Kier alpha value is -0.850. The monoisotopic (exact) mass is 303 g/mol. The van der Waals surface area contributed by atoms with E-state index in [4.69, 9.17) is 4.42 Å². The molecule has 0 aliphatic carbocycles. The quantitative estimate of drug-likeness (QED) is 0.798. The summed E-state index contributed by atoms with van der Waals surface area (Å²) in [6.07, 6.45) is 3.76. The molecule has 0 aromatic carbocycles. The van der Waals surface area contributed by atoms with E-state index in [-0.39, 0.29) is 0 Å². The van der Waals surface area contributed by atoms with Crippen molar-refractivity contribution in [3.8, 4) is 0 Å². The minimum Gasteiger partial charge on any atom is -0.444 e. The second kappa shape index (κ2) is 3.72. The summed E-state index contributed by atoms with van der Waals surface area (Å²) >= 11 is 2.22. The first-order chi connectivity index (χ1) is 6.65. The maximum atomic E-state index is 5.45. The molecule has 2 aromatic heterocycles. The fourth-order valence-corrected chi connectivity index (χ4v) is 1.62. The highest BCUT2D eigenvalue weighted by Gasteiger charge is 2.06. The third-order valence-electron chi connectivity index (χ3n) is 1.97. The molecule has 0 aliphatic rings. The number of aromatic nitrogens is 3. The lowest BCUT2D eigenvalue weighted by molar-refractivity contribution is 0.446. The fourth-order valence-electron chi connectivity index (χ4n) is 1.17. The molecule has 5 heteroatoms. The topological polar surface area (TPSA) is 43.9 Å². The van der Waals surface area contributed by atoms with E-state index in [1.165, 1.54) is 0 Å². The summed E-state index contributed by atoms with van der Waals surface area (Å²) in [4.78, 5) is 4.28. The van der Waals surface area contributed by atoms with Crippen molar-refractivity contribution >= 4 is 22.6 Å². The third-order valence-corrected chi connectivity index (χ3v) is 2.53. The zero-order chi connectivity index (χ0) is 10.1. The van der Waals surface area contributed by atoms with Gasteiger partial charge in [-0.2, -0.15) is 5.10 Å². The van der Waals surface area contributed by atoms with Gasteiger partial charge < -0.3 is 4.42 Å². The van der Waals surface area contributed by atoms with Crippen LogP contribution in [0.15, 0.2) is 16.8 Å². The number of oxazole rings is 1. The zero-order valence-corrected chi connectivity index (χ0v) is 10.1. The van der Waals surface area contributed by atoms with Crippen LogP contribution in [0.3, 0.4) is 0 Å². The first kappa shape index (κ1) is 9.70. The molecule has 0 fully saturated rings. The van der Waals surface area contributed by atoms with Gasteiger partial charge in [-0.25, -0.2) is 4.98 Å². The van der Waals surface area contributed by atoms with Crippen LogP contribution in [0, 0.1) is 17.4 Å². The largest absolute Gasteiger partial charge is 0.444 e. The summed E-state index contributed by atoms with van der Waals surface area (Å²) in [7, 11) is 0. The molecule has 2 rings (SSSR count). The van der Waals surface area contributed by atoms with Gasteiger partial charge in [-0.3, -0.25) is 4.68 Å². The van der Waals surface area contributed by atoms with Gasteiger partial charge in [0.05, 0.1) is 15.5 Å². The molecule has 0 bridgehead atoms. The van der Waals surface area contributed by atoms with E-state index in [9.17, 15) is 0 Å². The lowest BCUT2D eigenvalue weighted by Gasteiger charge is -1.94. The molecule has 0 saturated heterocycles. The molecule has 2 heterocycles. The number of rotatable bonds is 2. The van der Waals surface area contributed by atoms with Crippen molar-refractivity contribution in [2.45, 2.75) is 20.4 Å². The number of halogens is 1. The summed E-state index contributed by atoms with van der Waals surface area (Å²) in [5.41, 5.74) is 0.946. The molecule has 74 valence electrons. The van der Waals surface area contributed by atoms with E-state index in [0.717, 1.165) is 15.0 Å². The van der Waals surface area contributed by atoms with Crippen molar-refractivity contribution in [2.24, 2.45) is 0 Å². The normalized spacial score (nSPS) is 10.8. The second-order valence-corrected chi connectivity index (χ2v) is 4.35. The van der Waals surface area contributed by atoms with E-state index < -0.39 is 0 Å². The number of hydrogen-bond acceptors (Lipinski definition) is 3. The van der Waals surface area contributed by atoms with Crippen molar-refractivity contribution in [3.63, 3.8) is 0 Å². The molecule has 0 atom stereocenters. The van der Waals surface area contributed by atoms with Gasteiger partial charge in [-0.15, -0.1) is 0 Å². The first-order valence-corrected chi connectivity index (χ1v) is 5.34. The lowest BCUT2D eigenvalue weighted by atomic mass is 10.4. The molecular weight excluding hydrogens is 293 g/mol. The van der Waals surface area contributed by atoms with Crippen LogP contribution in [0.5, 0.6) is 0 Å². The van der Waals surface area contributed by atoms with E-state index in [1.54, 1.807) is 0 Å². The van der Waals surface area contributed by atoms with Gasteiger partial charge >= 0.3 is 0 Å². The molecule has 0 amide bonds. The van der Waals surface area contributed by atoms with Gasteiger partial charge in [0.1, 0.15) is 12.3 Å². The molecular formula is C9H10IN3O. The van der Waals surface area contributed by atoms with Gasteiger partial charge in [0.15, 0.2) is 0 Å². The first-order valence-electron chi connectivity index (χ1n) is 4.26. The average molecular weight is 303 g/mol. The maximum Gasteiger partial charge on any atom is 0.216 e. The highest BCUT2D eigenvalue weighted by molar-refractivity contribution is 14.1. The Labute approximate surface area is 95.5 Å². The SMILES string of the molecule is Cc1nc(Cn2cc(I)cn2)oc1C. The summed E-state index contributed by atoms with van der Waals surface area (Å²) in [5, 5.41) is 4.16. The van der Waals surface area contributed by atoms with Crippen LogP contribution in [0.1, 0.15) is 17.3 Å². The lowest BCUT2D eigenvalue weighted by Crippen LogP contribution is -1.99. The van der Waals surface area contributed by atoms with Gasteiger partial charge in [-0.1, -0.05) is 0 Å². The van der Waals surface area contributed by atoms with Gasteiger partial charge in [0.25, 0.3) is 0 Å². The van der Waals surface area contributed by atoms with E-state index in [2.05, 4.69) is 32.7 Å². The second-order valence-electron chi connectivity index (χ2n) is 3.11. The molecule has 4 nitrogen and oxygen atoms in total. The molecule has 0 aliphatic heterocycles. The molecule has 0 N–H and O–H groups in total. The van der Waals surface area contributed by atoms with Crippen LogP contribution in [0.4, 0.5) is 0 Å². The maximum absolute atomic E-state index is 5.45. The van der Waals surface area contributed by atoms with Gasteiger partial charge in [0, 0.05) is 6.20 Å². The van der Waals surface area contributed by atoms with E-state index in [1.807, 2.05) is 30.9 Å². The number of aryl methyl sites for hydroxylation is 2. The average Bonchev–Trinajstić information content (AvgIpc) is 2.62. The fraction of sp³-hybridized carbons (Fsp3) is 0.333. The van der Waals surface area contributed by atoms with Crippen LogP contribution in [0.25, 0.3) is 0 Å². The Morgan fingerprint density at radius 1 is 1.50 bits per heavy atom. The summed E-state index contributed by atoms with van der Waals surface area (Å²) < 4.78 is 8.38. The Morgan fingerprint density at radius 3 is 2.79 bits per heavy atom. The Bertz CT molecular complexity index is 427. The zero-order valence-electron chi connectivity index (χ0n) is 7.99. The van der Waals surface area contributed by atoms with Crippen LogP contribution >= 0.6 is 22.6 Å². The minimum atomic E-state index is 0.595. The minimum absolute atomic E-state index is 0.595. The summed E-state index contributed by atoms with van der Waals surface area (Å²) in [6.45, 7) is 4.45. The van der Waals surface area contributed by atoms with E-state index >= 15 is 0 Å². The molecule has 0 spiro atoms. The van der Waals surface area contributed by atoms with Crippen LogP contribution < -0.4 is 0 Å². The predicted molar refractivity (Wildman–Crippen MR) is 60.0 cm³/mol. The standard InChI is InChI=1S/C9H10IN3O/c1-6-7(2)14-9(12-6)5-13-4-8(10)3-11-13/h3-4H,5H2,1-2H3. The van der Waals surface area contributed by atoms with Gasteiger partial charge in [-0.05, 0) is 36.4 Å². The Morgan fingerprint density at radius 2 is 2.29 bits per heavy atom. The molecule has 2 aromatic rings. The predicted octanol–water partition coefficient (Wildman–Crippen LogP) is 2.14. The van der Waals surface area contributed by atoms with Crippen LogP contribution in [-0.2, 0) is 6.54 Å². The van der Waals surface area contributed by atoms with Crippen molar-refractivity contribution in [2.75, 3.05) is 0 Å². The van der Waals surface area contributed by atoms with E-state index in [0.29, 0.717) is 12.4 Å². The molecule has 14 heavy (non-hydrogen) atoms. The molecule has 0 unspecified atom stereocenters. The number of nitrogens with zero attached hydrogens (tertiary/aromatic N) is 3. The van der Waals surface area contributed by atoms with Crippen molar-refractivity contribution in [3.05, 3.63) is 33.3 Å². The number of hydrogen-bond donors (Lipinski definition) is 0. The third kappa shape index (κ3) is 1.97. The summed E-state index contributed by atoms with van der Waals surface area (Å²) in [5.74, 6) is 1.58. The smallest absolute Gasteiger partial charge is 0.216 e. The Kier molecular flexibility index (Phi) is 2.58. The Balaban J connectivity index is 2.18. The highest BCUT2D eigenvalue weighted by atomic mass is 127. The van der Waals surface area contributed by atoms with Crippen molar-refractivity contribution < 1.29 is 4.42 Å². The van der Waals surface area contributed by atoms with Crippen molar-refractivity contribution in [1.82, 2.24) is 14.8 Å². The van der Waals surface area contributed by atoms with Crippen LogP contribution in [0.2, 0.25) is 0 Å². The van der Waals surface area contributed by atoms with Crippen molar-refractivity contribution in [1.29, 1.82) is 0 Å².